The van der Waals surface area contributed by atoms with Crippen molar-refractivity contribution in [3.05, 3.63) is 69.6 Å². The van der Waals surface area contributed by atoms with Crippen molar-refractivity contribution in [2.45, 2.75) is 89.4 Å². The van der Waals surface area contributed by atoms with Gasteiger partial charge in [-0.25, -0.2) is 4.79 Å². The number of hydrogen-bond donors (Lipinski definition) is 5. The van der Waals surface area contributed by atoms with Gasteiger partial charge in [-0.1, -0.05) is 24.5 Å². The Balaban J connectivity index is 1.47. The van der Waals surface area contributed by atoms with Crippen molar-refractivity contribution in [3.63, 3.8) is 0 Å². The van der Waals surface area contributed by atoms with Gasteiger partial charge in [0.25, 0.3) is 0 Å². The van der Waals surface area contributed by atoms with Crippen molar-refractivity contribution in [1.82, 2.24) is 4.98 Å². The van der Waals surface area contributed by atoms with Crippen molar-refractivity contribution in [2.24, 2.45) is 11.8 Å². The molecule has 282 valence electrons. The Morgan fingerprint density at radius 3 is 2.58 bits per heavy atom. The first kappa shape index (κ1) is 36.9. The minimum Gasteiger partial charge on any atom is -0.492 e. The smallest absolute Gasteiger partial charge is 0.375 e. The van der Waals surface area contributed by atoms with Crippen LogP contribution >= 0.6 is 0 Å². The Morgan fingerprint density at radius 1 is 1.09 bits per heavy atom. The molecule has 0 spiro atoms. The number of ketones is 1. The second kappa shape index (κ2) is 15.1. The highest BCUT2D eigenvalue weighted by atomic mass is 16.6. The summed E-state index contributed by atoms with van der Waals surface area (Å²) in [4.78, 5) is 43.9. The number of nitrogens with one attached hydrogen (secondary N) is 1. The highest BCUT2D eigenvalue weighted by Crippen LogP contribution is 2.57. The molecule has 5 N–H and O–H groups in total. The Labute approximate surface area is 307 Å². The van der Waals surface area contributed by atoms with Crippen molar-refractivity contribution >= 4 is 34.5 Å². The SMILES string of the molecule is CCOC(=O)C1=C(C=O)/C(=C2\C[C@H](CO)C(=O)[C@@H](c3ccc4[nH]ccc4c3)C2)c2c(OCCCO)c3c(c(CO)c2O1)O[C@H]([C@@](C)(O)C1CCCC1)C3. The lowest BCUT2D eigenvalue weighted by Crippen LogP contribution is -2.47. The molecule has 0 unspecified atom stereocenters. The molecule has 7 rings (SSSR count). The molecule has 2 aliphatic heterocycles. The molecule has 2 fully saturated rings. The van der Waals surface area contributed by atoms with Gasteiger partial charge in [-0.2, -0.15) is 0 Å². The first-order valence-electron chi connectivity index (χ1n) is 18.6. The van der Waals surface area contributed by atoms with Crippen molar-refractivity contribution < 1.29 is 53.8 Å². The molecule has 0 amide bonds. The van der Waals surface area contributed by atoms with Crippen LogP contribution in [-0.4, -0.2) is 81.6 Å². The van der Waals surface area contributed by atoms with Crippen LogP contribution in [0.4, 0.5) is 0 Å². The molecule has 0 radical (unpaired) electrons. The molecule has 0 bridgehead atoms. The second-order valence-corrected chi connectivity index (χ2v) is 14.6. The summed E-state index contributed by atoms with van der Waals surface area (Å²) in [7, 11) is 0. The fourth-order valence-electron chi connectivity index (χ4n) is 8.75. The number of esters is 1. The topological polar surface area (TPSA) is 185 Å². The second-order valence-electron chi connectivity index (χ2n) is 14.6. The maximum absolute atomic E-state index is 14.0. The number of allylic oxidation sites excluding steroid dienone is 3. The zero-order chi connectivity index (χ0) is 37.4. The van der Waals surface area contributed by atoms with Crippen LogP contribution < -0.4 is 14.2 Å². The molecule has 4 atom stereocenters. The number of aliphatic hydroxyl groups is 4. The Hall–Kier alpha value is -4.49. The molecule has 53 heavy (non-hydrogen) atoms. The molecule has 3 aromatic rings. The normalized spacial score (nSPS) is 24.0. The summed E-state index contributed by atoms with van der Waals surface area (Å²) in [6.07, 6.45) is 6.08. The van der Waals surface area contributed by atoms with Crippen molar-refractivity contribution in [2.75, 3.05) is 26.4 Å². The molecule has 12 nitrogen and oxygen atoms in total. The van der Waals surface area contributed by atoms with Gasteiger partial charge in [0.2, 0.25) is 5.76 Å². The van der Waals surface area contributed by atoms with E-state index in [9.17, 15) is 34.8 Å². The Bertz CT molecular complexity index is 1980. The molecule has 0 saturated heterocycles. The average molecular weight is 730 g/mol. The number of carbonyl (C=O) groups is 3. The van der Waals surface area contributed by atoms with Crippen LogP contribution in [0.25, 0.3) is 16.5 Å². The summed E-state index contributed by atoms with van der Waals surface area (Å²) >= 11 is 0. The predicted octanol–water partition coefficient (Wildman–Crippen LogP) is 4.58. The van der Waals surface area contributed by atoms with E-state index in [1.54, 1.807) is 13.8 Å². The number of rotatable bonds is 12. The summed E-state index contributed by atoms with van der Waals surface area (Å²) in [5.41, 5.74) is 2.28. The van der Waals surface area contributed by atoms with Crippen LogP contribution in [0.3, 0.4) is 0 Å². The maximum Gasteiger partial charge on any atom is 0.375 e. The maximum atomic E-state index is 14.0. The van der Waals surface area contributed by atoms with Crippen LogP contribution in [0.5, 0.6) is 17.2 Å². The van der Waals surface area contributed by atoms with Crippen molar-refractivity contribution in [3.8, 4) is 17.2 Å². The van der Waals surface area contributed by atoms with E-state index in [1.807, 2.05) is 30.5 Å². The quantitative estimate of drug-likeness (QED) is 0.0999. The lowest BCUT2D eigenvalue weighted by molar-refractivity contribution is -0.141. The molecule has 3 heterocycles. The van der Waals surface area contributed by atoms with E-state index in [0.29, 0.717) is 28.6 Å². The van der Waals surface area contributed by atoms with E-state index >= 15 is 0 Å². The van der Waals surface area contributed by atoms with Gasteiger partial charge in [0, 0.05) is 54.1 Å². The van der Waals surface area contributed by atoms with E-state index in [-0.39, 0.29) is 91.3 Å². The first-order chi connectivity index (χ1) is 25.7. The largest absolute Gasteiger partial charge is 0.492 e. The number of aromatic nitrogens is 1. The number of aromatic amines is 1. The third kappa shape index (κ3) is 6.45. The van der Waals surface area contributed by atoms with Gasteiger partial charge in [-0.15, -0.1) is 0 Å². The van der Waals surface area contributed by atoms with Gasteiger partial charge in [-0.05, 0) is 74.6 Å². The minimum atomic E-state index is -1.22. The summed E-state index contributed by atoms with van der Waals surface area (Å²) in [5.74, 6) is -2.36. The van der Waals surface area contributed by atoms with Gasteiger partial charge in [0.05, 0.1) is 43.1 Å². The van der Waals surface area contributed by atoms with Crippen LogP contribution in [0, 0.1) is 11.8 Å². The summed E-state index contributed by atoms with van der Waals surface area (Å²) in [5, 5.41) is 44.1. The molecular formula is C41H47NO11. The van der Waals surface area contributed by atoms with E-state index in [0.717, 1.165) is 42.1 Å². The Kier molecular flexibility index (Phi) is 10.5. The van der Waals surface area contributed by atoms with E-state index in [1.165, 1.54) is 0 Å². The van der Waals surface area contributed by atoms with Gasteiger partial charge in [0.1, 0.15) is 34.7 Å². The number of Topliss-reactive ketones (excluding diaryl/α,β-unsaturated/α-hetero) is 1. The van der Waals surface area contributed by atoms with Crippen molar-refractivity contribution in [1.29, 1.82) is 0 Å². The molecule has 1 aromatic heterocycles. The number of ether oxygens (including phenoxy) is 4. The number of carbonyl (C=O) groups excluding carboxylic acids is 3. The van der Waals surface area contributed by atoms with Crippen LogP contribution in [-0.2, 0) is 32.1 Å². The molecule has 2 saturated carbocycles. The molecule has 12 heteroatoms. The third-order valence-electron chi connectivity index (χ3n) is 11.5. The number of benzene rings is 2. The first-order valence-corrected chi connectivity index (χ1v) is 18.6. The van der Waals surface area contributed by atoms with E-state index in [4.69, 9.17) is 18.9 Å². The number of H-pyrrole nitrogens is 1. The standard InChI is InChI=1S/C41H47NO11/c1-3-50-40(48)39-29(20-45)33(24-16-25(19-44)35(47)27(17-24)22-9-10-31-23(15-22)11-12-42-31)34-37(51-14-6-13-43)28-18-32(41(2,49)26-7-4-5-8-26)52-36(28)30(21-46)38(34)53-39/h9-12,15,20,25-27,32,42-44,46,49H,3-8,13-14,16-19,21H2,1-2H3/b33-24-/t25-,27-,32+,41+/m1/s1. The van der Waals surface area contributed by atoms with Crippen LogP contribution in [0.2, 0.25) is 0 Å². The summed E-state index contributed by atoms with van der Waals surface area (Å²) in [6.45, 7) is 2.30. The predicted molar refractivity (Wildman–Crippen MR) is 193 cm³/mol. The minimum absolute atomic E-state index is 0.00179. The number of aliphatic hydroxyl groups excluding tert-OH is 3. The summed E-state index contributed by atoms with van der Waals surface area (Å²) < 4.78 is 24.6. The zero-order valence-electron chi connectivity index (χ0n) is 30.1. The molecule has 2 aliphatic carbocycles. The zero-order valence-corrected chi connectivity index (χ0v) is 30.1. The monoisotopic (exact) mass is 729 g/mol. The highest BCUT2D eigenvalue weighted by molar-refractivity contribution is 6.11. The third-order valence-corrected chi connectivity index (χ3v) is 11.5. The summed E-state index contributed by atoms with van der Waals surface area (Å²) in [6, 6.07) is 7.61. The van der Waals surface area contributed by atoms with E-state index in [2.05, 4.69) is 4.98 Å². The fraction of sp³-hybridized carbons (Fsp3) is 0.488. The average Bonchev–Trinajstić information content (AvgIpc) is 3.96. The van der Waals surface area contributed by atoms with Crippen LogP contribution in [0.1, 0.15) is 87.0 Å². The lowest BCUT2D eigenvalue weighted by atomic mass is 9.71. The lowest BCUT2D eigenvalue weighted by Gasteiger charge is -2.35. The molecule has 4 aliphatic rings. The van der Waals surface area contributed by atoms with Gasteiger partial charge < -0.3 is 44.4 Å². The van der Waals surface area contributed by atoms with Crippen LogP contribution in [0.15, 0.2) is 47.4 Å². The number of aldehydes is 1. The molecular weight excluding hydrogens is 682 g/mol. The van der Waals surface area contributed by atoms with E-state index < -0.39 is 42.7 Å². The number of fused-ring (bicyclic) bond motifs is 3. The van der Waals surface area contributed by atoms with Gasteiger partial charge in [0.15, 0.2) is 6.29 Å². The fourth-order valence-corrected chi connectivity index (χ4v) is 8.75. The molecule has 2 aromatic carbocycles. The Morgan fingerprint density at radius 2 is 1.89 bits per heavy atom. The van der Waals surface area contributed by atoms with Gasteiger partial charge in [-0.3, -0.25) is 9.59 Å². The number of hydrogen-bond acceptors (Lipinski definition) is 11. The highest BCUT2D eigenvalue weighted by Gasteiger charge is 2.49. The van der Waals surface area contributed by atoms with Gasteiger partial charge >= 0.3 is 5.97 Å².